The van der Waals surface area contributed by atoms with Crippen LogP contribution in [0.1, 0.15) is 36.1 Å². The van der Waals surface area contributed by atoms with Gasteiger partial charge in [-0.1, -0.05) is 5.16 Å². The van der Waals surface area contributed by atoms with E-state index in [4.69, 9.17) is 4.52 Å². The molecule has 1 aromatic carbocycles. The number of hydrogen-bond donors (Lipinski definition) is 1. The average Bonchev–Trinajstić information content (AvgIpc) is 3.05. The zero-order chi connectivity index (χ0) is 17.1. The van der Waals surface area contributed by atoms with Gasteiger partial charge in [0.05, 0.1) is 16.5 Å². The minimum atomic E-state index is -3.79. The van der Waals surface area contributed by atoms with E-state index in [0.29, 0.717) is 12.3 Å². The van der Waals surface area contributed by atoms with Crippen LogP contribution in [0.3, 0.4) is 0 Å². The minimum absolute atomic E-state index is 0.0422. The van der Waals surface area contributed by atoms with Crippen molar-refractivity contribution in [2.24, 2.45) is 0 Å². The molecule has 0 radical (unpaired) electrons. The number of sulfonamides is 1. The summed E-state index contributed by atoms with van der Waals surface area (Å²) in [5.74, 6) is 0.390. The van der Waals surface area contributed by atoms with Crippen molar-refractivity contribution in [3.8, 4) is 0 Å². The Balaban J connectivity index is 1.79. The predicted octanol–water partition coefficient (Wildman–Crippen LogP) is 2.18. The van der Waals surface area contributed by atoms with E-state index >= 15 is 0 Å². The monoisotopic (exact) mass is 347 g/mol. The Labute approximate surface area is 139 Å². The van der Waals surface area contributed by atoms with Crippen LogP contribution in [-0.4, -0.2) is 26.0 Å². The van der Waals surface area contributed by atoms with Crippen molar-refractivity contribution in [2.75, 3.05) is 16.2 Å². The highest BCUT2D eigenvalue weighted by atomic mass is 32.2. The van der Waals surface area contributed by atoms with E-state index in [2.05, 4.69) is 9.88 Å². The van der Waals surface area contributed by atoms with Crippen molar-refractivity contribution in [3.63, 3.8) is 0 Å². The van der Waals surface area contributed by atoms with Crippen LogP contribution in [0.25, 0.3) is 0 Å². The number of amides is 1. The molecule has 1 atom stereocenters. The maximum atomic E-state index is 12.7. The van der Waals surface area contributed by atoms with E-state index in [1.807, 2.05) is 6.92 Å². The third kappa shape index (κ3) is 2.21. The summed E-state index contributed by atoms with van der Waals surface area (Å²) in [6.45, 7) is 4.21. The summed E-state index contributed by atoms with van der Waals surface area (Å²) in [5, 5.41) is 3.66. The van der Waals surface area contributed by atoms with Gasteiger partial charge in [0.15, 0.2) is 5.82 Å². The highest BCUT2D eigenvalue weighted by Crippen LogP contribution is 2.44. The van der Waals surface area contributed by atoms with Crippen LogP contribution in [-0.2, 0) is 21.2 Å². The highest BCUT2D eigenvalue weighted by molar-refractivity contribution is 7.92. The minimum Gasteiger partial charge on any atom is -0.360 e. The lowest BCUT2D eigenvalue weighted by Crippen LogP contribution is -2.32. The Morgan fingerprint density at radius 3 is 2.83 bits per heavy atom. The zero-order valence-electron chi connectivity index (χ0n) is 13.4. The van der Waals surface area contributed by atoms with Gasteiger partial charge in [0.2, 0.25) is 5.91 Å². The zero-order valence-corrected chi connectivity index (χ0v) is 14.2. The molecule has 4 rings (SSSR count). The van der Waals surface area contributed by atoms with Gasteiger partial charge in [-0.25, -0.2) is 8.42 Å². The summed E-state index contributed by atoms with van der Waals surface area (Å²) in [7, 11) is -3.79. The van der Waals surface area contributed by atoms with Gasteiger partial charge < -0.3 is 9.42 Å². The number of nitrogens with one attached hydrogen (secondary N) is 1. The Hall–Kier alpha value is -2.35. The number of anilines is 2. The molecule has 1 N–H and O–H groups in total. The number of aryl methyl sites for hydroxylation is 2. The number of carbonyl (C=O) groups is 1. The first-order valence-corrected chi connectivity index (χ1v) is 9.29. The van der Waals surface area contributed by atoms with Crippen LogP contribution in [0.2, 0.25) is 0 Å². The first kappa shape index (κ1) is 15.2. The second-order valence-corrected chi connectivity index (χ2v) is 7.95. The van der Waals surface area contributed by atoms with Crippen LogP contribution >= 0.6 is 0 Å². The van der Waals surface area contributed by atoms with Gasteiger partial charge in [-0.3, -0.25) is 9.52 Å². The second-order valence-electron chi connectivity index (χ2n) is 6.26. The molecule has 0 fully saturated rings. The molecule has 1 aromatic heterocycles. The SMILES string of the molecule is Cc1cc(NS(=O)(=O)c2cc3c4c(c2)[C@@H](C)C(=O)N4CCC3)no1. The highest BCUT2D eigenvalue weighted by Gasteiger charge is 2.38. The Morgan fingerprint density at radius 1 is 1.33 bits per heavy atom. The van der Waals surface area contributed by atoms with Crippen LogP contribution in [0, 0.1) is 6.92 Å². The third-order valence-electron chi connectivity index (χ3n) is 4.57. The summed E-state index contributed by atoms with van der Waals surface area (Å²) >= 11 is 0. The van der Waals surface area contributed by atoms with Crippen molar-refractivity contribution in [2.45, 2.75) is 37.5 Å². The van der Waals surface area contributed by atoms with Gasteiger partial charge in [-0.15, -0.1) is 0 Å². The van der Waals surface area contributed by atoms with Gasteiger partial charge in [0.1, 0.15) is 5.76 Å². The molecule has 0 saturated heterocycles. The first-order chi connectivity index (χ1) is 11.4. The maximum absolute atomic E-state index is 12.7. The number of aromatic nitrogens is 1. The van der Waals surface area contributed by atoms with Gasteiger partial charge in [0, 0.05) is 12.6 Å². The number of benzene rings is 1. The molecule has 0 unspecified atom stereocenters. The lowest BCUT2D eigenvalue weighted by molar-refractivity contribution is -0.119. The molecular formula is C16H17N3O4S. The molecule has 2 aliphatic rings. The summed E-state index contributed by atoms with van der Waals surface area (Å²) in [6, 6.07) is 4.77. The molecule has 8 heteroatoms. The smallest absolute Gasteiger partial charge is 0.263 e. The molecule has 0 aliphatic carbocycles. The van der Waals surface area contributed by atoms with Crippen LogP contribution in [0.15, 0.2) is 27.6 Å². The van der Waals surface area contributed by atoms with Crippen LogP contribution in [0.5, 0.6) is 0 Å². The normalized spacial score (nSPS) is 19.5. The molecule has 7 nitrogen and oxygen atoms in total. The fraction of sp³-hybridized carbons (Fsp3) is 0.375. The van der Waals surface area contributed by atoms with E-state index in [-0.39, 0.29) is 22.5 Å². The number of carbonyl (C=O) groups excluding carboxylic acids is 1. The number of nitrogens with zero attached hydrogens (tertiary/aromatic N) is 2. The average molecular weight is 347 g/mol. The molecule has 0 bridgehead atoms. The molecule has 126 valence electrons. The van der Waals surface area contributed by atoms with Gasteiger partial charge >= 0.3 is 0 Å². The van der Waals surface area contributed by atoms with Crippen molar-refractivity contribution < 1.29 is 17.7 Å². The molecule has 2 aromatic rings. The lowest BCUT2D eigenvalue weighted by atomic mass is 9.97. The summed E-state index contributed by atoms with van der Waals surface area (Å²) in [4.78, 5) is 14.3. The second kappa shape index (κ2) is 5.07. The van der Waals surface area contributed by atoms with Crippen LogP contribution < -0.4 is 9.62 Å². The molecule has 24 heavy (non-hydrogen) atoms. The molecule has 2 aliphatic heterocycles. The van der Waals surface area contributed by atoms with E-state index in [1.165, 1.54) is 6.07 Å². The maximum Gasteiger partial charge on any atom is 0.263 e. The van der Waals surface area contributed by atoms with Crippen molar-refractivity contribution >= 4 is 27.4 Å². The Morgan fingerprint density at radius 2 is 2.12 bits per heavy atom. The Bertz CT molecular complexity index is 948. The summed E-state index contributed by atoms with van der Waals surface area (Å²) in [5.41, 5.74) is 2.59. The van der Waals surface area contributed by atoms with Gasteiger partial charge in [0.25, 0.3) is 10.0 Å². The molecule has 0 saturated carbocycles. The summed E-state index contributed by atoms with van der Waals surface area (Å²) in [6.07, 6.45) is 1.61. The largest absolute Gasteiger partial charge is 0.360 e. The quantitative estimate of drug-likeness (QED) is 0.919. The first-order valence-electron chi connectivity index (χ1n) is 7.81. The van der Waals surface area contributed by atoms with E-state index < -0.39 is 10.0 Å². The molecule has 3 heterocycles. The summed E-state index contributed by atoms with van der Waals surface area (Å²) < 4.78 is 32.7. The fourth-order valence-corrected chi connectivity index (χ4v) is 4.50. The van der Waals surface area contributed by atoms with E-state index in [0.717, 1.165) is 29.7 Å². The predicted molar refractivity (Wildman–Crippen MR) is 87.6 cm³/mol. The molecule has 0 spiro atoms. The van der Waals surface area contributed by atoms with Crippen LogP contribution in [0.4, 0.5) is 11.5 Å². The van der Waals surface area contributed by atoms with Crippen molar-refractivity contribution in [1.82, 2.24) is 5.16 Å². The van der Waals surface area contributed by atoms with E-state index in [1.54, 1.807) is 24.0 Å². The van der Waals surface area contributed by atoms with Gasteiger partial charge in [-0.05, 0) is 49.9 Å². The van der Waals surface area contributed by atoms with Crippen molar-refractivity contribution in [1.29, 1.82) is 0 Å². The number of rotatable bonds is 3. The third-order valence-corrected chi connectivity index (χ3v) is 5.90. The van der Waals surface area contributed by atoms with Gasteiger partial charge in [-0.2, -0.15) is 0 Å². The topological polar surface area (TPSA) is 92.5 Å². The number of hydrogen-bond acceptors (Lipinski definition) is 5. The fourth-order valence-electron chi connectivity index (χ4n) is 3.43. The molecular weight excluding hydrogens is 330 g/mol. The lowest BCUT2D eigenvalue weighted by Gasteiger charge is -2.25. The Kier molecular flexibility index (Phi) is 3.21. The van der Waals surface area contributed by atoms with E-state index in [9.17, 15) is 13.2 Å². The molecule has 1 amide bonds. The van der Waals surface area contributed by atoms with Crippen molar-refractivity contribution in [3.05, 3.63) is 35.1 Å². The standard InChI is InChI=1S/C16H17N3O4S/c1-9-6-14(17-23-9)18-24(21,22)12-7-11-4-3-5-19-15(11)13(8-12)10(2)16(19)20/h6-8,10H,3-5H2,1-2H3,(H,17,18)/t10-/m1/s1.